The van der Waals surface area contributed by atoms with E-state index in [-0.39, 0.29) is 41.6 Å². The Morgan fingerprint density at radius 3 is 2.43 bits per heavy atom. The van der Waals surface area contributed by atoms with Gasteiger partial charge in [0.1, 0.15) is 12.8 Å². The van der Waals surface area contributed by atoms with Gasteiger partial charge < -0.3 is 14.7 Å². The third-order valence-corrected chi connectivity index (χ3v) is 10.1. The first kappa shape index (κ1) is 36.4. The molecule has 2 aromatic rings. The first-order valence-electron chi connectivity index (χ1n) is 15.0. The maximum Gasteiger partial charge on any atom is 1.00 e. The summed E-state index contributed by atoms with van der Waals surface area (Å²) < 4.78 is 37.9. The Morgan fingerprint density at radius 1 is 1.02 bits per heavy atom. The van der Waals surface area contributed by atoms with Gasteiger partial charge in [-0.1, -0.05) is 43.7 Å². The maximum absolute atomic E-state index is 11.5. The van der Waals surface area contributed by atoms with Crippen LogP contribution in [0.25, 0.3) is 0 Å². The van der Waals surface area contributed by atoms with E-state index in [1.807, 2.05) is 29.2 Å². The molecule has 0 aromatic heterocycles. The van der Waals surface area contributed by atoms with Crippen LogP contribution >= 0.6 is 11.6 Å². The number of hydrogen-bond acceptors (Lipinski definition) is 4. The summed E-state index contributed by atoms with van der Waals surface area (Å²) in [6.45, 7) is 8.68. The van der Waals surface area contributed by atoms with Crippen LogP contribution in [0.5, 0.6) is 5.75 Å². The molecule has 0 fully saturated rings. The van der Waals surface area contributed by atoms with Crippen molar-refractivity contribution in [1.29, 1.82) is 0 Å². The monoisotopic (exact) mass is 672 g/mol. The van der Waals surface area contributed by atoms with Crippen molar-refractivity contribution in [3.63, 3.8) is 0 Å². The van der Waals surface area contributed by atoms with E-state index < -0.39 is 15.5 Å². The topological polar surface area (TPSA) is 93.2 Å². The maximum atomic E-state index is 11.5. The van der Waals surface area contributed by atoms with E-state index in [4.69, 9.17) is 16.3 Å². The van der Waals surface area contributed by atoms with Gasteiger partial charge in [0.15, 0.2) is 15.8 Å². The minimum absolute atomic E-state index is 0. The Morgan fingerprint density at radius 2 is 1.76 bits per heavy atom. The van der Waals surface area contributed by atoms with Crippen molar-refractivity contribution in [2.24, 2.45) is 0 Å². The quantitative estimate of drug-likeness (QED) is 0.173. The summed E-state index contributed by atoms with van der Waals surface area (Å²) in [5.74, 6) is 0.742. The average molecular weight is 673 g/mol. The van der Waals surface area contributed by atoms with Crippen molar-refractivity contribution in [3.8, 4) is 5.75 Å². The van der Waals surface area contributed by atoms with Crippen LogP contribution in [0.15, 0.2) is 94.9 Å². The summed E-state index contributed by atoms with van der Waals surface area (Å²) in [7, 11) is -0.306. The third-order valence-electron chi connectivity index (χ3n) is 9.15. The molecule has 0 spiro atoms. The van der Waals surface area contributed by atoms with Crippen LogP contribution in [0.2, 0.25) is 0 Å². The molecule has 2 aromatic carbocycles. The van der Waals surface area contributed by atoms with Crippen molar-refractivity contribution < 1.29 is 57.3 Å². The number of rotatable bonds is 7. The molecule has 0 amide bonds. The van der Waals surface area contributed by atoms with Gasteiger partial charge in [-0.2, -0.15) is 4.58 Å². The van der Waals surface area contributed by atoms with Crippen LogP contribution in [0.4, 0.5) is 11.4 Å². The SMILES string of the molecule is COc1ccc2c(c1)C(C)(C)C(=CC=C1CCCC(C=CC3=[N+](C)c4ccc(CO)cc4C3(C)C)=C1Cl)N2/C=C/C=S(=O)(O)O.[Na+]. The standard InChI is InChI=1S/C36H41ClN2O5S.Na/c1-35(2)28-21-24(23-40)11-15-30(28)38(5)32(35)17-12-25-9-7-10-26(34(25)37)13-18-33-36(3,4)29-22-27(44-6)14-16-31(29)39(33)19-8-20-45(41,42)43;/h8,11-22,40H,7,9-10,23H2,1-6H3,(H-,41,42,43);/q;+1/p+1/b19-8+;. The second kappa shape index (κ2) is 14.0. The molecule has 0 saturated heterocycles. The zero-order valence-electron chi connectivity index (χ0n) is 27.7. The Bertz CT molecular complexity index is 1850. The van der Waals surface area contributed by atoms with Gasteiger partial charge in [-0.05, 0) is 91.8 Å². The fraction of sp³-hybridized carbons (Fsp3) is 0.333. The van der Waals surface area contributed by atoms with Crippen LogP contribution in [0, 0.1) is 0 Å². The molecular formula is C36H42ClN2NaO5S+2. The van der Waals surface area contributed by atoms with Gasteiger partial charge in [0.2, 0.25) is 5.69 Å². The van der Waals surface area contributed by atoms with Crippen LogP contribution in [0.1, 0.15) is 63.6 Å². The number of nitrogens with zero attached hydrogens (tertiary/aromatic N) is 2. The number of fused-ring (bicyclic) bond motifs is 2. The Labute approximate surface area is 300 Å². The first-order chi connectivity index (χ1) is 21.2. The summed E-state index contributed by atoms with van der Waals surface area (Å²) in [5, 5.41) is 11.3. The van der Waals surface area contributed by atoms with Gasteiger partial charge in [-0.25, -0.2) is 4.21 Å². The summed E-state index contributed by atoms with van der Waals surface area (Å²) in [5.41, 5.74) is 8.80. The van der Waals surface area contributed by atoms with E-state index in [9.17, 15) is 18.4 Å². The van der Waals surface area contributed by atoms with E-state index in [0.29, 0.717) is 0 Å². The molecule has 3 N–H and O–H groups in total. The zero-order chi connectivity index (χ0) is 32.7. The van der Waals surface area contributed by atoms with Crippen molar-refractivity contribution in [3.05, 3.63) is 112 Å². The van der Waals surface area contributed by atoms with Gasteiger partial charge in [-0.3, -0.25) is 9.11 Å². The van der Waals surface area contributed by atoms with E-state index in [2.05, 4.69) is 75.8 Å². The van der Waals surface area contributed by atoms with E-state index in [1.54, 1.807) is 13.3 Å². The Kier molecular flexibility index (Phi) is 11.1. The predicted octanol–water partition coefficient (Wildman–Crippen LogP) is 4.58. The van der Waals surface area contributed by atoms with E-state index >= 15 is 0 Å². The number of anilines is 1. The molecule has 0 radical (unpaired) electrons. The molecule has 0 bridgehead atoms. The number of ether oxygens (including phenoxy) is 1. The van der Waals surface area contributed by atoms with Crippen LogP contribution in [-0.2, 0) is 27.5 Å². The molecular weight excluding hydrogens is 631 g/mol. The van der Waals surface area contributed by atoms with Crippen molar-refractivity contribution in [2.75, 3.05) is 19.1 Å². The van der Waals surface area contributed by atoms with Crippen molar-refractivity contribution >= 4 is 44.1 Å². The van der Waals surface area contributed by atoms with Gasteiger partial charge in [0.25, 0.3) is 0 Å². The molecule has 0 unspecified atom stereocenters. The van der Waals surface area contributed by atoms with Gasteiger partial charge in [0, 0.05) is 51.1 Å². The number of aliphatic hydroxyl groups is 1. The van der Waals surface area contributed by atoms with E-state index in [0.717, 1.165) is 80.5 Å². The molecule has 10 heteroatoms. The summed E-state index contributed by atoms with van der Waals surface area (Å²) in [4.78, 5) is 1.96. The second-order valence-corrected chi connectivity index (χ2v) is 14.5. The molecule has 2 aliphatic heterocycles. The first-order valence-corrected chi connectivity index (χ1v) is 16.9. The predicted molar refractivity (Wildman–Crippen MR) is 185 cm³/mol. The fourth-order valence-electron chi connectivity index (χ4n) is 6.64. The number of halogens is 1. The Balaban J connectivity index is 0.00000480. The molecule has 238 valence electrons. The number of hydrogen-bond donors (Lipinski definition) is 3. The minimum Gasteiger partial charge on any atom is -0.497 e. The largest absolute Gasteiger partial charge is 1.00 e. The number of methoxy groups -OCH3 is 1. The second-order valence-electron chi connectivity index (χ2n) is 12.7. The molecule has 7 nitrogen and oxygen atoms in total. The molecule has 0 saturated carbocycles. The number of allylic oxidation sites excluding steroid dienone is 9. The van der Waals surface area contributed by atoms with Crippen LogP contribution in [-0.4, -0.2) is 48.2 Å². The molecule has 1 aliphatic carbocycles. The number of benzene rings is 2. The smallest absolute Gasteiger partial charge is 0.497 e. The summed E-state index contributed by atoms with van der Waals surface area (Å²) in [6.07, 6.45) is 14.2. The van der Waals surface area contributed by atoms with Crippen LogP contribution < -0.4 is 39.2 Å². The zero-order valence-corrected chi connectivity index (χ0v) is 31.2. The molecule has 2 heterocycles. The minimum atomic E-state index is -4.02. The normalized spacial score (nSPS) is 20.6. The summed E-state index contributed by atoms with van der Waals surface area (Å²) in [6, 6.07) is 12.0. The van der Waals surface area contributed by atoms with E-state index in [1.165, 1.54) is 11.6 Å². The number of aliphatic hydroxyl groups excluding tert-OH is 1. The van der Waals surface area contributed by atoms with Crippen molar-refractivity contribution in [2.45, 2.75) is 64.4 Å². The Hall–Kier alpha value is -2.40. The molecule has 0 atom stereocenters. The van der Waals surface area contributed by atoms with Crippen LogP contribution in [0.3, 0.4) is 0 Å². The van der Waals surface area contributed by atoms with Gasteiger partial charge in [-0.15, -0.1) is 0 Å². The van der Waals surface area contributed by atoms with Crippen molar-refractivity contribution in [1.82, 2.24) is 0 Å². The van der Waals surface area contributed by atoms with Gasteiger partial charge in [0.05, 0.1) is 19.1 Å². The average Bonchev–Trinajstić information content (AvgIpc) is 3.32. The molecule has 46 heavy (non-hydrogen) atoms. The third kappa shape index (κ3) is 7.05. The molecule has 3 aliphatic rings. The van der Waals surface area contributed by atoms with Gasteiger partial charge >= 0.3 is 29.6 Å². The molecule has 5 rings (SSSR count). The summed E-state index contributed by atoms with van der Waals surface area (Å²) >= 11 is 7.07. The fourth-order valence-corrected chi connectivity index (χ4v) is 7.23.